The Bertz CT molecular complexity index is 1370. The van der Waals surface area contributed by atoms with E-state index in [1.807, 2.05) is 12.5 Å². The van der Waals surface area contributed by atoms with Crippen LogP contribution >= 0.6 is 0 Å². The van der Waals surface area contributed by atoms with Crippen molar-refractivity contribution in [3.63, 3.8) is 0 Å². The number of benzene rings is 4. The van der Waals surface area contributed by atoms with E-state index < -0.39 is 9.52 Å². The van der Waals surface area contributed by atoms with Crippen molar-refractivity contribution < 1.29 is 0 Å². The zero-order valence-electron chi connectivity index (χ0n) is 24.3. The summed E-state index contributed by atoms with van der Waals surface area (Å²) in [5, 5.41) is -0.0892. The molecule has 0 radical (unpaired) electrons. The summed E-state index contributed by atoms with van der Waals surface area (Å²) < 4.78 is 2.32. The van der Waals surface area contributed by atoms with Crippen molar-refractivity contribution >= 4 is 27.2 Å². The smallest absolute Gasteiger partial charge is 0.212 e. The average molecular weight is 553 g/mol. The van der Waals surface area contributed by atoms with Crippen LogP contribution in [0.1, 0.15) is 43.7 Å². The van der Waals surface area contributed by atoms with Gasteiger partial charge in [-0.05, 0) is 24.5 Å². The standard InChI is InChI=1S/C22H26N2Si.C15H15B/c1-19(2)10-9-17-25-22(24-16-15-23-18-24,20-11-5-3-6-12-20)21-13-7-4-8-14-21;1-3-7-13(8-4-1)16(15-11-12-15)14-9-5-2-6-10-14/h3-8,11-16,18H,1,9-10,17,25H2,2H3;1-10,15H,11-12H2. The summed E-state index contributed by atoms with van der Waals surface area (Å²) in [6, 6.07) is 44.9. The maximum absolute atomic E-state index is 4.37. The Balaban J connectivity index is 0.000000181. The third kappa shape index (κ3) is 7.25. The quantitative estimate of drug-likeness (QED) is 0.0977. The molecule has 0 unspecified atom stereocenters. The first-order chi connectivity index (χ1) is 20.2. The maximum atomic E-state index is 4.37. The van der Waals surface area contributed by atoms with Crippen LogP contribution in [-0.4, -0.2) is 25.8 Å². The molecule has 4 heteroatoms. The first kappa shape index (κ1) is 28.6. The molecule has 41 heavy (non-hydrogen) atoms. The van der Waals surface area contributed by atoms with Gasteiger partial charge < -0.3 is 4.57 Å². The Morgan fingerprint density at radius 1 is 0.805 bits per heavy atom. The van der Waals surface area contributed by atoms with E-state index >= 15 is 0 Å². The Morgan fingerprint density at radius 2 is 1.29 bits per heavy atom. The molecule has 0 saturated heterocycles. The SMILES string of the molecule is C=C(C)CCC[SiH2]C(c1ccccc1)(c1ccccc1)n1ccnc1.c1ccc(B(c2ccccc2)C2CC2)cc1. The molecule has 5 aromatic rings. The fraction of sp³-hybridized carbons (Fsp3) is 0.216. The molecular weight excluding hydrogens is 511 g/mol. The second-order valence-electron chi connectivity index (χ2n) is 11.4. The summed E-state index contributed by atoms with van der Waals surface area (Å²) in [7, 11) is -0.508. The Morgan fingerprint density at radius 3 is 1.71 bits per heavy atom. The van der Waals surface area contributed by atoms with Crippen LogP contribution in [0.4, 0.5) is 0 Å². The van der Waals surface area contributed by atoms with Gasteiger partial charge in [0.2, 0.25) is 6.71 Å². The number of rotatable bonds is 11. The molecule has 6 rings (SSSR count). The van der Waals surface area contributed by atoms with Crippen molar-refractivity contribution in [1.29, 1.82) is 0 Å². The third-order valence-electron chi connectivity index (χ3n) is 8.25. The summed E-state index contributed by atoms with van der Waals surface area (Å²) in [6.07, 6.45) is 11.1. The summed E-state index contributed by atoms with van der Waals surface area (Å²) in [5.74, 6) is 0.866. The van der Waals surface area contributed by atoms with Crippen molar-refractivity contribution in [2.75, 3.05) is 0 Å². The number of imidazole rings is 1. The lowest BCUT2D eigenvalue weighted by molar-refractivity contribution is 0.588. The molecule has 1 saturated carbocycles. The lowest BCUT2D eigenvalue weighted by Crippen LogP contribution is -2.42. The lowest BCUT2D eigenvalue weighted by Gasteiger charge is -2.37. The molecule has 1 heterocycles. The van der Waals surface area contributed by atoms with Crippen LogP contribution in [0.5, 0.6) is 0 Å². The predicted octanol–water partition coefficient (Wildman–Crippen LogP) is 7.04. The van der Waals surface area contributed by atoms with Gasteiger partial charge in [0.25, 0.3) is 0 Å². The maximum Gasteiger partial charge on any atom is 0.212 e. The summed E-state index contributed by atoms with van der Waals surface area (Å²) >= 11 is 0. The van der Waals surface area contributed by atoms with Gasteiger partial charge in [0.1, 0.15) is 0 Å². The fourth-order valence-corrected chi connectivity index (χ4v) is 8.60. The van der Waals surface area contributed by atoms with Gasteiger partial charge in [-0.2, -0.15) is 0 Å². The molecule has 1 aliphatic rings. The van der Waals surface area contributed by atoms with Gasteiger partial charge in [0, 0.05) is 12.4 Å². The molecule has 2 nitrogen and oxygen atoms in total. The molecule has 0 bridgehead atoms. The van der Waals surface area contributed by atoms with Gasteiger partial charge in [-0.15, -0.1) is 6.58 Å². The Hall–Kier alpha value is -3.89. The average Bonchev–Trinajstić information content (AvgIpc) is 3.70. The monoisotopic (exact) mass is 552 g/mol. The van der Waals surface area contributed by atoms with Crippen LogP contribution in [0.25, 0.3) is 0 Å². The van der Waals surface area contributed by atoms with Crippen LogP contribution in [0.3, 0.4) is 0 Å². The molecule has 0 spiro atoms. The van der Waals surface area contributed by atoms with Crippen LogP contribution in [0.15, 0.2) is 152 Å². The van der Waals surface area contributed by atoms with Gasteiger partial charge in [-0.3, -0.25) is 0 Å². The van der Waals surface area contributed by atoms with Crippen molar-refractivity contribution in [1.82, 2.24) is 9.55 Å². The number of allylic oxidation sites excluding steroid dienone is 1. The van der Waals surface area contributed by atoms with Crippen molar-refractivity contribution in [3.8, 4) is 0 Å². The third-order valence-corrected chi connectivity index (χ3v) is 11.0. The topological polar surface area (TPSA) is 17.8 Å². The zero-order valence-corrected chi connectivity index (χ0v) is 25.7. The van der Waals surface area contributed by atoms with Crippen LogP contribution in [0.2, 0.25) is 11.9 Å². The first-order valence-corrected chi connectivity index (χ1v) is 16.7. The predicted molar refractivity (Wildman–Crippen MR) is 180 cm³/mol. The second kappa shape index (κ2) is 14.1. The van der Waals surface area contributed by atoms with Crippen molar-refractivity contribution in [3.05, 3.63) is 163 Å². The highest BCUT2D eigenvalue weighted by Crippen LogP contribution is 2.38. The largest absolute Gasteiger partial charge is 0.327 e. The summed E-state index contributed by atoms with van der Waals surface area (Å²) in [5.41, 5.74) is 6.94. The van der Waals surface area contributed by atoms with Crippen LogP contribution in [-0.2, 0) is 5.16 Å². The van der Waals surface area contributed by atoms with E-state index in [4.69, 9.17) is 0 Å². The number of aromatic nitrogens is 2. The van der Waals surface area contributed by atoms with E-state index in [-0.39, 0.29) is 5.16 Å². The normalized spacial score (nSPS) is 13.0. The van der Waals surface area contributed by atoms with E-state index in [0.717, 1.165) is 12.2 Å². The minimum absolute atomic E-state index is 0.0892. The Labute approximate surface area is 249 Å². The van der Waals surface area contributed by atoms with E-state index in [1.54, 1.807) is 0 Å². The van der Waals surface area contributed by atoms with Gasteiger partial charge >= 0.3 is 0 Å². The van der Waals surface area contributed by atoms with Gasteiger partial charge in [-0.25, -0.2) is 4.98 Å². The molecule has 0 aliphatic heterocycles. The molecular formula is C37H41BN2Si. The molecule has 1 fully saturated rings. The fourth-order valence-electron chi connectivity index (χ4n) is 6.09. The molecule has 1 aliphatic carbocycles. The number of nitrogens with zero attached hydrogens (tertiary/aromatic N) is 2. The Kier molecular flexibility index (Phi) is 9.88. The molecule has 0 amide bonds. The first-order valence-electron chi connectivity index (χ1n) is 15.0. The highest BCUT2D eigenvalue weighted by Gasteiger charge is 2.37. The van der Waals surface area contributed by atoms with Gasteiger partial charge in [-0.1, -0.05) is 169 Å². The minimum Gasteiger partial charge on any atom is -0.327 e. The molecule has 0 atom stereocenters. The summed E-state index contributed by atoms with van der Waals surface area (Å²) in [6.45, 7) is 6.79. The second-order valence-corrected chi connectivity index (χ2v) is 13.6. The van der Waals surface area contributed by atoms with Crippen LogP contribution in [0, 0.1) is 0 Å². The molecule has 1 aromatic heterocycles. The zero-order chi connectivity index (χ0) is 28.3. The van der Waals surface area contributed by atoms with Gasteiger partial charge in [0.15, 0.2) is 0 Å². The number of hydrogen-bond donors (Lipinski definition) is 0. The van der Waals surface area contributed by atoms with E-state index in [9.17, 15) is 0 Å². The lowest BCUT2D eigenvalue weighted by atomic mass is 9.37. The van der Waals surface area contributed by atoms with E-state index in [1.165, 1.54) is 52.9 Å². The molecule has 4 aromatic carbocycles. The van der Waals surface area contributed by atoms with E-state index in [2.05, 4.69) is 151 Å². The highest BCUT2D eigenvalue weighted by molar-refractivity contribution is 6.86. The van der Waals surface area contributed by atoms with E-state index in [0.29, 0.717) is 6.71 Å². The molecule has 206 valence electrons. The summed E-state index contributed by atoms with van der Waals surface area (Å²) in [4.78, 5) is 4.37. The number of hydrogen-bond acceptors (Lipinski definition) is 1. The van der Waals surface area contributed by atoms with Crippen LogP contribution < -0.4 is 10.9 Å². The van der Waals surface area contributed by atoms with Gasteiger partial charge in [0.05, 0.1) is 21.0 Å². The minimum atomic E-state index is -0.508. The highest BCUT2D eigenvalue weighted by atomic mass is 28.2. The van der Waals surface area contributed by atoms with Crippen molar-refractivity contribution in [2.45, 2.75) is 49.6 Å². The van der Waals surface area contributed by atoms with Crippen molar-refractivity contribution in [2.24, 2.45) is 0 Å². The molecule has 0 N–H and O–H groups in total.